The first kappa shape index (κ1) is 77.8. The molecule has 21 N–H and O–H groups in total. The Labute approximate surface area is 595 Å². The minimum absolute atomic E-state index is 0.0217. The van der Waals surface area contributed by atoms with E-state index in [2.05, 4.69) is 78.4 Å². The fraction of sp³-hybridized carbons (Fsp3) is 0.435. The smallest absolute Gasteiger partial charge is 0.322 e. The van der Waals surface area contributed by atoms with Crippen LogP contribution >= 0.6 is 0 Å². The number of likely N-dealkylation sites (tertiary alicyclic amines) is 1. The van der Waals surface area contributed by atoms with Crippen LogP contribution < -0.4 is 64.2 Å². The molecule has 3 aromatic carbocycles. The molecule has 2 fully saturated rings. The molecule has 104 heavy (non-hydrogen) atoms. The van der Waals surface area contributed by atoms with Crippen molar-refractivity contribution in [2.24, 2.45) is 11.7 Å². The summed E-state index contributed by atoms with van der Waals surface area (Å²) in [4.78, 5) is 194. The third-order valence-electron chi connectivity index (χ3n) is 17.7. The number of aromatic hydroxyl groups is 1. The molecule has 2 saturated heterocycles. The van der Waals surface area contributed by atoms with Crippen LogP contribution in [0.3, 0.4) is 0 Å². The number of carbonyl (C=O) groups excluding carboxylic acids is 11. The van der Waals surface area contributed by atoms with E-state index >= 15 is 9.59 Å². The number of imidazole rings is 1. The van der Waals surface area contributed by atoms with Crippen molar-refractivity contribution in [2.75, 3.05) is 26.2 Å². The summed E-state index contributed by atoms with van der Waals surface area (Å²) < 4.78 is 0. The minimum Gasteiger partial charge on any atom is -0.508 e. The number of nitrogens with two attached hydrogens (primary N) is 1. The van der Waals surface area contributed by atoms with Gasteiger partial charge in [-0.25, -0.2) is 4.98 Å². The fourth-order valence-electron chi connectivity index (χ4n) is 12.4. The standard InChI is InChI=1S/C69H88N18O17/c1-36(2)25-49(61(97)80-48(13-7-23-73-69(70)71)68(104)87-24-8-14-55(87)67(103)76-33-58(93)94)81-63(99)51(27-38-30-74-44-11-5-3-9-42(38)44)83-62(98)50(26-37-15-17-41(89)18-16-37)82-66(102)54(34-88)86-64(100)52(28-39-31-75-45-12-6-4-10-43(39)45)84-65(101)53(29-40-32-72-35-77-40)85-60(96)47(20-22-57(91)92)79-59(95)46-19-21-56(90)78-46/h3-6,9-12,15-18,30-32,35-36,46-55,74-75,88-89H,7-8,13-14,19-29,33-34H2,1-2H3,(H,72,77)(H,76,103)(H,78,90)(H,79,95)(H,80,97)(H,81,99)(H,82,102)(H,83,98)(H,84,101)(H,85,96)(H,86,100)(H,91,92)(H,93,94)(H4,70,71,73)/t46?,47-,48-,49-,50-,51-,52-,53-,54-,55-/m0/s1. The average Bonchev–Trinajstić information content (AvgIpc) is 1.63. The number of aromatic amines is 3. The Morgan fingerprint density at radius 3 is 1.66 bits per heavy atom. The molecule has 0 saturated carbocycles. The van der Waals surface area contributed by atoms with Gasteiger partial charge in [0.25, 0.3) is 0 Å². The van der Waals surface area contributed by atoms with Gasteiger partial charge in [0.2, 0.25) is 65.0 Å². The van der Waals surface area contributed by atoms with Crippen LogP contribution in [-0.2, 0) is 88.0 Å². The number of carbonyl (C=O) groups is 13. The number of aromatic nitrogens is 4. The Kier molecular flexibility index (Phi) is 27.8. The summed E-state index contributed by atoms with van der Waals surface area (Å²) in [7, 11) is 0. The molecule has 10 atom stereocenters. The lowest BCUT2D eigenvalue weighted by molar-refractivity contribution is -0.143. The molecule has 0 spiro atoms. The van der Waals surface area contributed by atoms with Gasteiger partial charge >= 0.3 is 11.9 Å². The monoisotopic (exact) mass is 1440 g/mol. The summed E-state index contributed by atoms with van der Waals surface area (Å²) in [5, 5.41) is 77.5. The molecule has 35 nitrogen and oxygen atoms in total. The van der Waals surface area contributed by atoms with Crippen molar-refractivity contribution in [1.82, 2.24) is 83.3 Å². The van der Waals surface area contributed by atoms with Crippen LogP contribution in [0.25, 0.3) is 21.8 Å². The number of H-pyrrole nitrogens is 3. The van der Waals surface area contributed by atoms with E-state index < -0.39 is 163 Å². The number of hydrogen-bond donors (Lipinski definition) is 20. The summed E-state index contributed by atoms with van der Waals surface area (Å²) in [6.45, 7) is 1.93. The van der Waals surface area contributed by atoms with Gasteiger partial charge in [0.05, 0.1) is 12.9 Å². The Morgan fingerprint density at radius 1 is 0.606 bits per heavy atom. The quantitative estimate of drug-likeness (QED) is 0.0112. The molecule has 2 aliphatic rings. The van der Waals surface area contributed by atoms with E-state index in [-0.39, 0.29) is 94.9 Å². The fourth-order valence-corrected chi connectivity index (χ4v) is 12.4. The molecule has 0 aliphatic carbocycles. The number of amides is 11. The molecular weight excluding hydrogens is 1350 g/mol. The third kappa shape index (κ3) is 22.3. The van der Waals surface area contributed by atoms with Crippen molar-refractivity contribution >= 4 is 105 Å². The minimum atomic E-state index is -1.89. The first-order valence-electron chi connectivity index (χ1n) is 34.0. The first-order chi connectivity index (χ1) is 49.7. The van der Waals surface area contributed by atoms with Crippen molar-refractivity contribution in [1.29, 1.82) is 5.41 Å². The van der Waals surface area contributed by atoms with Gasteiger partial charge in [-0.05, 0) is 91.8 Å². The van der Waals surface area contributed by atoms with Crippen molar-refractivity contribution in [2.45, 2.75) is 158 Å². The Balaban J connectivity index is 1.06. The van der Waals surface area contributed by atoms with Crippen LogP contribution in [0.15, 0.2) is 97.7 Å². The maximum Gasteiger partial charge on any atom is 0.322 e. The lowest BCUT2D eigenvalue weighted by Gasteiger charge is -2.30. The van der Waals surface area contributed by atoms with Crippen molar-refractivity contribution in [3.63, 3.8) is 0 Å². The summed E-state index contributed by atoms with van der Waals surface area (Å²) in [5.74, 6) is -12.9. The van der Waals surface area contributed by atoms with Gasteiger partial charge < -0.3 is 104 Å². The maximum absolute atomic E-state index is 15.2. The van der Waals surface area contributed by atoms with Crippen molar-refractivity contribution in [3.8, 4) is 5.75 Å². The number of rotatable bonds is 38. The summed E-state index contributed by atoms with van der Waals surface area (Å²) in [6.07, 6.45) is 4.45. The molecule has 11 amide bonds. The molecule has 2 aliphatic heterocycles. The molecular formula is C69H88N18O17. The number of phenols is 1. The van der Waals surface area contributed by atoms with E-state index in [4.69, 9.17) is 11.1 Å². The number of para-hydroxylation sites is 2. The van der Waals surface area contributed by atoms with E-state index in [1.165, 1.54) is 41.7 Å². The molecule has 0 bridgehead atoms. The van der Waals surface area contributed by atoms with E-state index in [1.54, 1.807) is 74.8 Å². The number of nitrogens with zero attached hydrogens (tertiary/aromatic N) is 2. The number of carboxylic acids is 2. The highest BCUT2D eigenvalue weighted by Crippen LogP contribution is 2.24. The second kappa shape index (κ2) is 37.1. The van der Waals surface area contributed by atoms with Crippen LogP contribution in [0.2, 0.25) is 0 Å². The van der Waals surface area contributed by atoms with E-state index in [1.807, 2.05) is 0 Å². The summed E-state index contributed by atoms with van der Waals surface area (Å²) in [5.41, 5.74) is 8.48. The second-order valence-corrected chi connectivity index (χ2v) is 26.0. The number of nitrogens with one attached hydrogen (secondary N) is 15. The van der Waals surface area contributed by atoms with Crippen LogP contribution in [0.5, 0.6) is 5.75 Å². The molecule has 8 rings (SSSR count). The number of aliphatic hydroxyl groups is 1. The first-order valence-corrected chi connectivity index (χ1v) is 34.0. The molecule has 3 aromatic heterocycles. The SMILES string of the molecule is CC(C)C[C@H](NC(=O)[C@H](Cc1c[nH]c2ccccc12)NC(=O)[C@H](Cc1ccc(O)cc1)NC(=O)[C@H](CO)NC(=O)[C@H](Cc1c[nH]c2ccccc12)NC(=O)[C@H](Cc1cnc[nH]1)NC(=O)[C@H](CCC(=O)O)NC(=O)C1CCC(=O)N1)C(=O)N[C@@H](CCCNC(=N)N)C(=O)N1CCC[C@H]1C(=O)NCC(=O)O. The predicted molar refractivity (Wildman–Crippen MR) is 373 cm³/mol. The van der Waals surface area contributed by atoms with Gasteiger partial charge in [-0.2, -0.15) is 0 Å². The molecule has 0 radical (unpaired) electrons. The normalized spacial score (nSPS) is 16.4. The average molecular weight is 1440 g/mol. The van der Waals surface area contributed by atoms with E-state index in [0.717, 1.165) is 0 Å². The number of fused-ring (bicyclic) bond motifs is 2. The second-order valence-electron chi connectivity index (χ2n) is 26.0. The number of aliphatic hydroxyl groups excluding tert-OH is 1. The van der Waals surface area contributed by atoms with Crippen LogP contribution in [0.1, 0.15) is 94.0 Å². The topological polar surface area (TPSA) is 549 Å². The van der Waals surface area contributed by atoms with E-state index in [0.29, 0.717) is 50.6 Å². The zero-order chi connectivity index (χ0) is 75.1. The van der Waals surface area contributed by atoms with Gasteiger partial charge in [0, 0.05) is 97.7 Å². The Bertz CT molecular complexity index is 4080. The van der Waals surface area contributed by atoms with Crippen molar-refractivity contribution in [3.05, 3.63) is 120 Å². The van der Waals surface area contributed by atoms with Gasteiger partial charge in [0.1, 0.15) is 72.7 Å². The van der Waals surface area contributed by atoms with Gasteiger partial charge in [-0.15, -0.1) is 0 Å². The number of aliphatic carboxylic acids is 2. The number of hydrogen-bond acceptors (Lipinski definition) is 17. The lowest BCUT2D eigenvalue weighted by atomic mass is 9.99. The lowest BCUT2D eigenvalue weighted by Crippen LogP contribution is -2.62. The number of carboxylic acid groups (broad SMARTS) is 2. The number of phenolic OH excluding ortho intramolecular Hbond substituents is 1. The predicted octanol–water partition coefficient (Wildman–Crippen LogP) is -2.14. The molecule has 556 valence electrons. The van der Waals surface area contributed by atoms with Crippen LogP contribution in [-0.4, -0.2) is 215 Å². The third-order valence-corrected chi connectivity index (χ3v) is 17.7. The number of benzene rings is 3. The largest absolute Gasteiger partial charge is 0.508 e. The molecule has 1 unspecified atom stereocenters. The van der Waals surface area contributed by atoms with Crippen LogP contribution in [0.4, 0.5) is 0 Å². The zero-order valence-electron chi connectivity index (χ0n) is 57.2. The zero-order valence-corrected chi connectivity index (χ0v) is 57.2. The molecule has 35 heteroatoms. The highest BCUT2D eigenvalue weighted by Gasteiger charge is 2.41. The van der Waals surface area contributed by atoms with E-state index in [9.17, 15) is 73.2 Å². The Morgan fingerprint density at radius 2 is 1.13 bits per heavy atom. The number of guanidine groups is 1. The van der Waals surface area contributed by atoms with Gasteiger partial charge in [-0.1, -0.05) is 62.4 Å². The van der Waals surface area contributed by atoms with Crippen LogP contribution in [0, 0.1) is 11.3 Å². The molecule has 5 heterocycles. The summed E-state index contributed by atoms with van der Waals surface area (Å²) in [6, 6.07) is 4.94. The molecule has 6 aromatic rings. The maximum atomic E-state index is 15.2. The van der Waals surface area contributed by atoms with Gasteiger partial charge in [-0.3, -0.25) is 67.7 Å². The van der Waals surface area contributed by atoms with Crippen molar-refractivity contribution < 1.29 is 82.8 Å². The Hall–Kier alpha value is -11.9. The van der Waals surface area contributed by atoms with Gasteiger partial charge in [0.15, 0.2) is 5.96 Å². The highest BCUT2D eigenvalue weighted by molar-refractivity contribution is 6.00. The summed E-state index contributed by atoms with van der Waals surface area (Å²) >= 11 is 0. The highest BCUT2D eigenvalue weighted by atomic mass is 16.4.